The number of aromatic nitrogens is 2. The molecule has 3 aromatic rings. The molecule has 1 aromatic heterocycles. The Morgan fingerprint density at radius 2 is 1.90 bits per heavy atom. The number of nitrogens with zero attached hydrogens (tertiary/aromatic N) is 2. The number of imidazole rings is 1. The molecule has 1 heterocycles. The first kappa shape index (κ1) is 23.7. The van der Waals surface area contributed by atoms with Crippen molar-refractivity contribution in [2.45, 2.75) is 26.0 Å². The molecule has 0 amide bonds. The molecule has 0 aliphatic rings. The molecule has 0 radical (unpaired) electrons. The molecule has 0 aliphatic heterocycles. The standard InChI is InChI=1S/C23H29N3O3.ClH/c1-16-8-9-21(12-17(16)2)29-15-19(27)14-25-22(23-24-10-11-26(23)3)18-6-5-7-20(13-18)28-4;/h5-13,19,22,25,27H,14-15H2,1-4H3;1H. The number of hydrogen-bond acceptors (Lipinski definition) is 5. The van der Waals surface area contributed by atoms with E-state index in [1.807, 2.05) is 67.2 Å². The van der Waals surface area contributed by atoms with Crippen molar-refractivity contribution in [1.29, 1.82) is 0 Å². The van der Waals surface area contributed by atoms with Gasteiger partial charge in [0.05, 0.1) is 13.2 Å². The number of ether oxygens (including phenoxy) is 2. The largest absolute Gasteiger partial charge is 0.497 e. The lowest BCUT2D eigenvalue weighted by Crippen LogP contribution is -2.35. The van der Waals surface area contributed by atoms with Gasteiger partial charge in [-0.25, -0.2) is 4.98 Å². The van der Waals surface area contributed by atoms with Crippen LogP contribution < -0.4 is 14.8 Å². The monoisotopic (exact) mass is 431 g/mol. The van der Waals surface area contributed by atoms with Gasteiger partial charge in [0.25, 0.3) is 0 Å². The summed E-state index contributed by atoms with van der Waals surface area (Å²) < 4.78 is 13.1. The van der Waals surface area contributed by atoms with E-state index in [1.165, 1.54) is 11.1 Å². The first-order valence-electron chi connectivity index (χ1n) is 9.70. The third kappa shape index (κ3) is 5.98. The fourth-order valence-electron chi connectivity index (χ4n) is 3.14. The lowest BCUT2D eigenvalue weighted by molar-refractivity contribution is 0.104. The average molecular weight is 432 g/mol. The Hall–Kier alpha value is -2.54. The van der Waals surface area contributed by atoms with Gasteiger partial charge in [-0.15, -0.1) is 12.4 Å². The average Bonchev–Trinajstić information content (AvgIpc) is 3.15. The number of rotatable bonds is 9. The van der Waals surface area contributed by atoms with Crippen molar-refractivity contribution in [3.8, 4) is 11.5 Å². The van der Waals surface area contributed by atoms with Crippen LogP contribution in [0.4, 0.5) is 0 Å². The van der Waals surface area contributed by atoms with Crippen LogP contribution in [0.3, 0.4) is 0 Å². The molecule has 2 atom stereocenters. The molecule has 0 spiro atoms. The third-order valence-corrected chi connectivity index (χ3v) is 5.02. The smallest absolute Gasteiger partial charge is 0.130 e. The molecule has 0 bridgehead atoms. The molecule has 6 nitrogen and oxygen atoms in total. The van der Waals surface area contributed by atoms with Crippen molar-refractivity contribution in [2.24, 2.45) is 7.05 Å². The molecule has 2 aromatic carbocycles. The quantitative estimate of drug-likeness (QED) is 0.542. The molecule has 0 saturated carbocycles. The number of aryl methyl sites for hydroxylation is 3. The summed E-state index contributed by atoms with van der Waals surface area (Å²) in [4.78, 5) is 4.48. The topological polar surface area (TPSA) is 68.5 Å². The number of hydrogen-bond donors (Lipinski definition) is 2. The lowest BCUT2D eigenvalue weighted by Gasteiger charge is -2.22. The predicted octanol–water partition coefficient (Wildman–Crippen LogP) is 3.59. The molecular weight excluding hydrogens is 402 g/mol. The van der Waals surface area contributed by atoms with E-state index in [9.17, 15) is 5.11 Å². The molecule has 30 heavy (non-hydrogen) atoms. The SMILES string of the molecule is COc1cccc(C(NCC(O)COc2ccc(C)c(C)c2)c2nccn2C)c1.Cl. The number of methoxy groups -OCH3 is 1. The van der Waals surface area contributed by atoms with Crippen molar-refractivity contribution in [1.82, 2.24) is 14.9 Å². The summed E-state index contributed by atoms with van der Waals surface area (Å²) in [6.45, 7) is 4.68. The van der Waals surface area contributed by atoms with Crippen LogP contribution in [-0.2, 0) is 7.05 Å². The van der Waals surface area contributed by atoms with E-state index in [-0.39, 0.29) is 25.1 Å². The van der Waals surface area contributed by atoms with Crippen LogP contribution in [0.1, 0.15) is 28.6 Å². The summed E-state index contributed by atoms with van der Waals surface area (Å²) in [7, 11) is 3.60. The molecule has 0 aliphatic carbocycles. The maximum atomic E-state index is 10.5. The van der Waals surface area contributed by atoms with Crippen molar-refractivity contribution in [3.05, 3.63) is 77.4 Å². The highest BCUT2D eigenvalue weighted by Crippen LogP contribution is 2.24. The van der Waals surface area contributed by atoms with E-state index in [0.717, 1.165) is 22.9 Å². The lowest BCUT2D eigenvalue weighted by atomic mass is 10.1. The van der Waals surface area contributed by atoms with Crippen LogP contribution in [0, 0.1) is 13.8 Å². The number of benzene rings is 2. The Labute approximate surface area is 184 Å². The Kier molecular flexibility index (Phi) is 8.72. The third-order valence-electron chi connectivity index (χ3n) is 5.02. The van der Waals surface area contributed by atoms with Crippen LogP contribution in [-0.4, -0.2) is 41.0 Å². The zero-order valence-electron chi connectivity index (χ0n) is 17.8. The zero-order valence-corrected chi connectivity index (χ0v) is 18.6. The van der Waals surface area contributed by atoms with Gasteiger partial charge in [-0.2, -0.15) is 0 Å². The summed E-state index contributed by atoms with van der Waals surface area (Å²) in [6, 6.07) is 13.6. The second-order valence-corrected chi connectivity index (χ2v) is 7.23. The van der Waals surface area contributed by atoms with Gasteiger partial charge in [0.2, 0.25) is 0 Å². The summed E-state index contributed by atoms with van der Waals surface area (Å²) in [5.41, 5.74) is 3.40. The van der Waals surface area contributed by atoms with Gasteiger partial charge < -0.3 is 24.5 Å². The van der Waals surface area contributed by atoms with E-state index in [2.05, 4.69) is 17.2 Å². The fourth-order valence-corrected chi connectivity index (χ4v) is 3.14. The van der Waals surface area contributed by atoms with Crippen molar-refractivity contribution >= 4 is 12.4 Å². The van der Waals surface area contributed by atoms with Crippen molar-refractivity contribution in [3.63, 3.8) is 0 Å². The summed E-state index contributed by atoms with van der Waals surface area (Å²) in [5.74, 6) is 2.41. The number of aliphatic hydroxyl groups is 1. The highest BCUT2D eigenvalue weighted by atomic mass is 35.5. The first-order valence-corrected chi connectivity index (χ1v) is 9.70. The second-order valence-electron chi connectivity index (χ2n) is 7.23. The first-order chi connectivity index (χ1) is 14.0. The maximum Gasteiger partial charge on any atom is 0.130 e. The Balaban J connectivity index is 0.00000320. The highest BCUT2D eigenvalue weighted by Gasteiger charge is 2.20. The minimum absolute atomic E-state index is 0. The van der Waals surface area contributed by atoms with Gasteiger partial charge in [-0.05, 0) is 54.8 Å². The normalized spacial score (nSPS) is 12.7. The van der Waals surface area contributed by atoms with Crippen LogP contribution in [0.5, 0.6) is 11.5 Å². The van der Waals surface area contributed by atoms with Crippen molar-refractivity contribution < 1.29 is 14.6 Å². The second kappa shape index (κ2) is 11.0. The molecule has 162 valence electrons. The minimum Gasteiger partial charge on any atom is -0.497 e. The summed E-state index contributed by atoms with van der Waals surface area (Å²) >= 11 is 0. The number of aliphatic hydroxyl groups excluding tert-OH is 1. The van der Waals surface area contributed by atoms with Gasteiger partial charge in [0, 0.05) is 26.0 Å². The Morgan fingerprint density at radius 3 is 2.57 bits per heavy atom. The fraction of sp³-hybridized carbons (Fsp3) is 0.348. The van der Waals surface area contributed by atoms with Crippen LogP contribution >= 0.6 is 12.4 Å². The molecule has 7 heteroatoms. The summed E-state index contributed by atoms with van der Waals surface area (Å²) in [5, 5.41) is 13.9. The molecule has 0 fully saturated rings. The van der Waals surface area contributed by atoms with Gasteiger partial charge >= 0.3 is 0 Å². The number of nitrogens with one attached hydrogen (secondary N) is 1. The molecular formula is C23H30ClN3O3. The Bertz CT molecular complexity index is 945. The van der Waals surface area contributed by atoms with E-state index < -0.39 is 6.10 Å². The van der Waals surface area contributed by atoms with Gasteiger partial charge in [-0.3, -0.25) is 0 Å². The molecule has 3 rings (SSSR count). The van der Waals surface area contributed by atoms with E-state index in [1.54, 1.807) is 13.3 Å². The molecule has 2 N–H and O–H groups in total. The van der Waals surface area contributed by atoms with Gasteiger partial charge in [0.15, 0.2) is 0 Å². The van der Waals surface area contributed by atoms with Crippen LogP contribution in [0.15, 0.2) is 54.9 Å². The van der Waals surface area contributed by atoms with Gasteiger partial charge in [-0.1, -0.05) is 18.2 Å². The van der Waals surface area contributed by atoms with Gasteiger partial charge in [0.1, 0.15) is 30.0 Å². The predicted molar refractivity (Wildman–Crippen MR) is 121 cm³/mol. The van der Waals surface area contributed by atoms with E-state index >= 15 is 0 Å². The van der Waals surface area contributed by atoms with Crippen molar-refractivity contribution in [2.75, 3.05) is 20.3 Å². The zero-order chi connectivity index (χ0) is 20.8. The van der Waals surface area contributed by atoms with E-state index in [0.29, 0.717) is 6.54 Å². The van der Waals surface area contributed by atoms with Crippen LogP contribution in [0.2, 0.25) is 0 Å². The number of halogens is 1. The highest BCUT2D eigenvalue weighted by molar-refractivity contribution is 5.85. The van der Waals surface area contributed by atoms with E-state index in [4.69, 9.17) is 9.47 Å². The maximum absolute atomic E-state index is 10.5. The minimum atomic E-state index is -0.662. The van der Waals surface area contributed by atoms with Crippen LogP contribution in [0.25, 0.3) is 0 Å². The Morgan fingerprint density at radius 1 is 1.10 bits per heavy atom. The summed E-state index contributed by atoms with van der Waals surface area (Å²) in [6.07, 6.45) is 3.01. The molecule has 0 saturated heterocycles. The molecule has 2 unspecified atom stereocenters.